The third kappa shape index (κ3) is 4.74. The molecule has 1 aromatic carbocycles. The lowest BCUT2D eigenvalue weighted by molar-refractivity contribution is 0.0698. The first-order chi connectivity index (χ1) is 11.7. The summed E-state index contributed by atoms with van der Waals surface area (Å²) in [6, 6.07) is 8.25. The summed E-state index contributed by atoms with van der Waals surface area (Å²) in [6.07, 6.45) is 5.65. The van der Waals surface area contributed by atoms with Crippen LogP contribution >= 0.6 is 12.4 Å². The van der Waals surface area contributed by atoms with Gasteiger partial charge in [-0.25, -0.2) is 0 Å². The zero-order valence-electron chi connectivity index (χ0n) is 14.6. The highest BCUT2D eigenvalue weighted by Gasteiger charge is 2.24. The van der Waals surface area contributed by atoms with E-state index in [0.29, 0.717) is 18.2 Å². The van der Waals surface area contributed by atoms with Gasteiger partial charge in [-0.2, -0.15) is 5.10 Å². The number of aromatic nitrogens is 2. The van der Waals surface area contributed by atoms with E-state index in [0.717, 1.165) is 37.2 Å². The van der Waals surface area contributed by atoms with Crippen LogP contribution in [0.1, 0.15) is 28.8 Å². The minimum Gasteiger partial charge on any atom is -0.497 e. The second-order valence-electron chi connectivity index (χ2n) is 6.15. The third-order valence-corrected chi connectivity index (χ3v) is 4.50. The normalized spacial score (nSPS) is 17.0. The summed E-state index contributed by atoms with van der Waals surface area (Å²) in [5, 5.41) is 7.59. The molecule has 1 unspecified atom stereocenters. The first-order valence-corrected chi connectivity index (χ1v) is 8.31. The monoisotopic (exact) mass is 364 g/mol. The molecule has 1 aliphatic heterocycles. The summed E-state index contributed by atoms with van der Waals surface area (Å²) in [4.78, 5) is 14.6. The fraction of sp³-hybridized carbons (Fsp3) is 0.444. The van der Waals surface area contributed by atoms with Crippen molar-refractivity contribution in [1.82, 2.24) is 20.0 Å². The minimum absolute atomic E-state index is 0. The number of likely N-dealkylation sites (N-methyl/N-ethyl adjacent to an activating group) is 1. The fourth-order valence-corrected chi connectivity index (χ4v) is 3.06. The molecule has 25 heavy (non-hydrogen) atoms. The van der Waals surface area contributed by atoms with Gasteiger partial charge >= 0.3 is 0 Å². The van der Waals surface area contributed by atoms with Crippen LogP contribution in [0, 0.1) is 0 Å². The Morgan fingerprint density at radius 3 is 2.80 bits per heavy atom. The maximum atomic E-state index is 12.6. The number of nitrogens with one attached hydrogen (secondary N) is 1. The molecule has 136 valence electrons. The average molecular weight is 365 g/mol. The third-order valence-electron chi connectivity index (χ3n) is 4.50. The van der Waals surface area contributed by atoms with Crippen molar-refractivity contribution in [1.29, 1.82) is 0 Å². The summed E-state index contributed by atoms with van der Waals surface area (Å²) in [6.45, 7) is 2.22. The van der Waals surface area contributed by atoms with E-state index in [9.17, 15) is 4.79 Å². The molecule has 0 spiro atoms. The molecule has 0 aliphatic carbocycles. The van der Waals surface area contributed by atoms with Crippen molar-refractivity contribution >= 4 is 18.3 Å². The Morgan fingerprint density at radius 1 is 1.36 bits per heavy atom. The molecular formula is C18H25ClN4O2. The van der Waals surface area contributed by atoms with Gasteiger partial charge in [-0.1, -0.05) is 12.1 Å². The van der Waals surface area contributed by atoms with Gasteiger partial charge in [0.2, 0.25) is 0 Å². The molecule has 1 atom stereocenters. The van der Waals surface area contributed by atoms with Gasteiger partial charge in [-0.15, -0.1) is 12.4 Å². The number of piperidine rings is 1. The molecule has 1 aromatic heterocycles. The topological polar surface area (TPSA) is 59.4 Å². The predicted molar refractivity (Wildman–Crippen MR) is 99.6 cm³/mol. The van der Waals surface area contributed by atoms with Crippen molar-refractivity contribution in [2.24, 2.45) is 0 Å². The molecule has 6 nitrogen and oxygen atoms in total. The largest absolute Gasteiger partial charge is 0.497 e. The van der Waals surface area contributed by atoms with Crippen LogP contribution in [0.2, 0.25) is 0 Å². The van der Waals surface area contributed by atoms with E-state index in [1.807, 2.05) is 42.4 Å². The van der Waals surface area contributed by atoms with Gasteiger partial charge in [0.15, 0.2) is 0 Å². The van der Waals surface area contributed by atoms with Crippen LogP contribution in [0.25, 0.3) is 0 Å². The molecule has 0 bridgehead atoms. The maximum absolute atomic E-state index is 12.6. The molecule has 1 aliphatic rings. The van der Waals surface area contributed by atoms with Crippen LogP contribution in [0.5, 0.6) is 5.75 Å². The zero-order valence-corrected chi connectivity index (χ0v) is 15.5. The number of carbonyl (C=O) groups is 1. The Morgan fingerprint density at radius 2 is 2.12 bits per heavy atom. The SMILES string of the molecule is CNC1CCCN(C(=O)c2cnn(Cc3ccc(OC)cc3)c2)C1.Cl. The van der Waals surface area contributed by atoms with Gasteiger partial charge in [0.25, 0.3) is 5.91 Å². The summed E-state index contributed by atoms with van der Waals surface area (Å²) >= 11 is 0. The number of hydrogen-bond donors (Lipinski definition) is 1. The lowest BCUT2D eigenvalue weighted by atomic mass is 10.1. The molecule has 0 radical (unpaired) electrons. The maximum Gasteiger partial charge on any atom is 0.257 e. The molecule has 1 fully saturated rings. The second-order valence-corrected chi connectivity index (χ2v) is 6.15. The fourth-order valence-electron chi connectivity index (χ4n) is 3.06. The molecule has 1 saturated heterocycles. The van der Waals surface area contributed by atoms with Gasteiger partial charge in [-0.05, 0) is 37.6 Å². The average Bonchev–Trinajstić information content (AvgIpc) is 3.10. The summed E-state index contributed by atoms with van der Waals surface area (Å²) in [5.74, 6) is 0.898. The second kappa shape index (κ2) is 8.87. The van der Waals surface area contributed by atoms with Crippen molar-refractivity contribution < 1.29 is 9.53 Å². The van der Waals surface area contributed by atoms with E-state index in [1.54, 1.807) is 18.0 Å². The summed E-state index contributed by atoms with van der Waals surface area (Å²) < 4.78 is 6.96. The highest BCUT2D eigenvalue weighted by atomic mass is 35.5. The van der Waals surface area contributed by atoms with E-state index in [4.69, 9.17) is 4.74 Å². The highest BCUT2D eigenvalue weighted by molar-refractivity contribution is 5.93. The van der Waals surface area contributed by atoms with Crippen molar-refractivity contribution in [3.05, 3.63) is 47.8 Å². The van der Waals surface area contributed by atoms with Crippen LogP contribution in [-0.4, -0.2) is 53.9 Å². The molecular weight excluding hydrogens is 340 g/mol. The number of benzene rings is 1. The zero-order chi connectivity index (χ0) is 16.9. The molecule has 1 amide bonds. The lowest BCUT2D eigenvalue weighted by Gasteiger charge is -2.32. The minimum atomic E-state index is 0. The summed E-state index contributed by atoms with van der Waals surface area (Å²) in [7, 11) is 3.60. The number of rotatable bonds is 5. The molecule has 1 N–H and O–H groups in total. The van der Waals surface area contributed by atoms with Crippen molar-refractivity contribution in [2.45, 2.75) is 25.4 Å². The summed E-state index contributed by atoms with van der Waals surface area (Å²) in [5.41, 5.74) is 1.77. The number of hydrogen-bond acceptors (Lipinski definition) is 4. The Balaban J connectivity index is 0.00000225. The van der Waals surface area contributed by atoms with Crippen molar-refractivity contribution in [3.8, 4) is 5.75 Å². The van der Waals surface area contributed by atoms with Crippen LogP contribution < -0.4 is 10.1 Å². The Kier molecular flexibility index (Phi) is 6.84. The van der Waals surface area contributed by atoms with Crippen molar-refractivity contribution in [2.75, 3.05) is 27.2 Å². The van der Waals surface area contributed by atoms with Crippen LogP contribution in [-0.2, 0) is 6.54 Å². The van der Waals surface area contributed by atoms with Crippen LogP contribution in [0.4, 0.5) is 0 Å². The standard InChI is InChI=1S/C18H24N4O2.ClH/c1-19-16-4-3-9-21(13-16)18(23)15-10-20-22(12-15)11-14-5-7-17(24-2)8-6-14;/h5-8,10,12,16,19H,3-4,9,11,13H2,1-2H3;1H. The van der Waals surface area contributed by atoms with Crippen molar-refractivity contribution in [3.63, 3.8) is 0 Å². The molecule has 0 saturated carbocycles. The number of halogens is 1. The van der Waals surface area contributed by atoms with Gasteiger partial charge in [0.05, 0.1) is 25.4 Å². The van der Waals surface area contributed by atoms with E-state index < -0.39 is 0 Å². The number of likely N-dealkylation sites (tertiary alicyclic amines) is 1. The molecule has 7 heteroatoms. The van der Waals surface area contributed by atoms with Gasteiger partial charge < -0.3 is 15.0 Å². The predicted octanol–water partition coefficient (Wildman–Crippen LogP) is 2.19. The Bertz CT molecular complexity index is 687. The first-order valence-electron chi connectivity index (χ1n) is 8.31. The number of ether oxygens (including phenoxy) is 1. The molecule has 2 aromatic rings. The van der Waals surface area contributed by atoms with E-state index >= 15 is 0 Å². The van der Waals surface area contributed by atoms with Crippen LogP contribution in [0.15, 0.2) is 36.7 Å². The molecule has 2 heterocycles. The smallest absolute Gasteiger partial charge is 0.257 e. The Hall–Kier alpha value is -2.05. The van der Waals surface area contributed by atoms with E-state index in [2.05, 4.69) is 10.4 Å². The number of nitrogens with zero attached hydrogens (tertiary/aromatic N) is 3. The molecule has 3 rings (SSSR count). The van der Waals surface area contributed by atoms with Gasteiger partial charge in [0.1, 0.15) is 5.75 Å². The van der Waals surface area contributed by atoms with E-state index in [-0.39, 0.29) is 18.3 Å². The number of amides is 1. The quantitative estimate of drug-likeness (QED) is 0.883. The van der Waals surface area contributed by atoms with Crippen LogP contribution in [0.3, 0.4) is 0 Å². The number of carbonyl (C=O) groups excluding carboxylic acids is 1. The van der Waals surface area contributed by atoms with Gasteiger partial charge in [-0.3, -0.25) is 9.48 Å². The van der Waals surface area contributed by atoms with Gasteiger partial charge in [0, 0.05) is 25.3 Å². The highest BCUT2D eigenvalue weighted by Crippen LogP contribution is 2.15. The lowest BCUT2D eigenvalue weighted by Crippen LogP contribution is -2.46. The number of methoxy groups -OCH3 is 1. The van der Waals surface area contributed by atoms with E-state index in [1.165, 1.54) is 0 Å². The first kappa shape index (κ1) is 19.3. The Labute approximate surface area is 154 Å².